The smallest absolute Gasteiger partial charge is 0.248 e. The third-order valence-electron chi connectivity index (χ3n) is 2.99. The molecule has 0 bridgehead atoms. The Morgan fingerprint density at radius 1 is 1.50 bits per heavy atom. The van der Waals surface area contributed by atoms with E-state index < -0.39 is 0 Å². The summed E-state index contributed by atoms with van der Waals surface area (Å²) >= 11 is 0. The summed E-state index contributed by atoms with van der Waals surface area (Å²) in [5.74, 6) is 0.0331. The summed E-state index contributed by atoms with van der Waals surface area (Å²) in [5, 5.41) is 0. The zero-order valence-electron chi connectivity index (χ0n) is 9.35. The number of hydrogen-bond donors (Lipinski definition) is 1. The highest BCUT2D eigenvalue weighted by Crippen LogP contribution is 2.17. The van der Waals surface area contributed by atoms with E-state index in [0.717, 1.165) is 17.7 Å². The number of nitrogen functional groups attached to an aromatic ring is 1. The second kappa shape index (κ2) is 4.53. The number of nitrogens with zero attached hydrogens (tertiary/aromatic N) is 1. The van der Waals surface area contributed by atoms with E-state index in [9.17, 15) is 4.79 Å². The summed E-state index contributed by atoms with van der Waals surface area (Å²) in [6, 6.07) is 7.82. The Labute approximate surface area is 95.0 Å². The Kier molecular flexibility index (Phi) is 3.10. The fourth-order valence-corrected chi connectivity index (χ4v) is 1.87. The Hall–Kier alpha value is -1.55. The molecule has 0 aliphatic carbocycles. The van der Waals surface area contributed by atoms with Gasteiger partial charge in [0.15, 0.2) is 0 Å². The lowest BCUT2D eigenvalue weighted by Crippen LogP contribution is -2.48. The summed E-state index contributed by atoms with van der Waals surface area (Å²) in [5.41, 5.74) is 7.71. The summed E-state index contributed by atoms with van der Waals surface area (Å²) in [4.78, 5) is 13.2. The van der Waals surface area contributed by atoms with Crippen LogP contribution in [0.25, 0.3) is 0 Å². The number of rotatable bonds is 2. The highest BCUT2D eigenvalue weighted by Gasteiger charge is 2.25. The molecule has 86 valence electrons. The van der Waals surface area contributed by atoms with Crippen molar-refractivity contribution < 1.29 is 9.53 Å². The van der Waals surface area contributed by atoms with Crippen molar-refractivity contribution in [3.8, 4) is 0 Å². The minimum absolute atomic E-state index is 0.0331. The van der Waals surface area contributed by atoms with E-state index in [0.29, 0.717) is 6.61 Å². The van der Waals surface area contributed by atoms with Crippen molar-refractivity contribution in [2.24, 2.45) is 0 Å². The predicted octanol–water partition coefficient (Wildman–Crippen LogP) is 0.668. The molecule has 2 N–H and O–H groups in total. The van der Waals surface area contributed by atoms with Crippen LogP contribution in [-0.2, 0) is 16.0 Å². The lowest BCUT2D eigenvalue weighted by atomic mass is 10.0. The van der Waals surface area contributed by atoms with E-state index in [1.54, 1.807) is 4.90 Å². The number of ether oxygens (including phenoxy) is 1. The maximum absolute atomic E-state index is 11.4. The molecule has 1 unspecified atom stereocenters. The fraction of sp³-hybridized carbons (Fsp3) is 0.417. The van der Waals surface area contributed by atoms with Gasteiger partial charge in [-0.05, 0) is 18.1 Å². The Balaban J connectivity index is 2.09. The van der Waals surface area contributed by atoms with E-state index >= 15 is 0 Å². The van der Waals surface area contributed by atoms with E-state index in [1.165, 1.54) is 0 Å². The molecule has 1 saturated heterocycles. The van der Waals surface area contributed by atoms with Crippen LogP contribution in [0.4, 0.5) is 5.69 Å². The average Bonchev–Trinajstić information content (AvgIpc) is 2.28. The highest BCUT2D eigenvalue weighted by atomic mass is 16.5. The van der Waals surface area contributed by atoms with Gasteiger partial charge in [-0.1, -0.05) is 18.2 Å². The maximum atomic E-state index is 11.4. The Morgan fingerprint density at radius 2 is 2.25 bits per heavy atom. The molecule has 0 aromatic heterocycles. The Morgan fingerprint density at radius 3 is 3.00 bits per heavy atom. The monoisotopic (exact) mass is 220 g/mol. The van der Waals surface area contributed by atoms with Gasteiger partial charge >= 0.3 is 0 Å². The number of amides is 1. The van der Waals surface area contributed by atoms with Gasteiger partial charge in [0.25, 0.3) is 0 Å². The van der Waals surface area contributed by atoms with Crippen LogP contribution in [0.2, 0.25) is 0 Å². The van der Waals surface area contributed by atoms with Crippen LogP contribution in [0.1, 0.15) is 5.56 Å². The lowest BCUT2D eigenvalue weighted by Gasteiger charge is -2.32. The van der Waals surface area contributed by atoms with Crippen molar-refractivity contribution in [1.82, 2.24) is 4.90 Å². The topological polar surface area (TPSA) is 55.6 Å². The van der Waals surface area contributed by atoms with Crippen LogP contribution in [0.3, 0.4) is 0 Å². The number of carbonyl (C=O) groups excluding carboxylic acids is 1. The normalized spacial score (nSPS) is 21.2. The minimum Gasteiger partial charge on any atom is -0.399 e. The standard InChI is InChI=1S/C12H16N2O2/c1-14-10(7-16-8-12(14)15)6-9-4-2-3-5-11(9)13/h2-5,10H,6-8,13H2,1H3. The van der Waals surface area contributed by atoms with Crippen LogP contribution in [0.5, 0.6) is 0 Å². The molecular weight excluding hydrogens is 204 g/mol. The second-order valence-electron chi connectivity index (χ2n) is 4.08. The molecule has 4 nitrogen and oxygen atoms in total. The highest BCUT2D eigenvalue weighted by molar-refractivity contribution is 5.78. The predicted molar refractivity (Wildman–Crippen MR) is 61.9 cm³/mol. The number of nitrogens with two attached hydrogens (primary N) is 1. The van der Waals surface area contributed by atoms with Gasteiger partial charge in [-0.3, -0.25) is 4.79 Å². The molecule has 4 heteroatoms. The van der Waals surface area contributed by atoms with Crippen LogP contribution >= 0.6 is 0 Å². The molecule has 1 fully saturated rings. The number of para-hydroxylation sites is 1. The quantitative estimate of drug-likeness (QED) is 0.745. The number of morpholine rings is 1. The number of carbonyl (C=O) groups is 1. The molecule has 1 amide bonds. The molecule has 1 aromatic rings. The van der Waals surface area contributed by atoms with Crippen LogP contribution in [-0.4, -0.2) is 37.1 Å². The fourth-order valence-electron chi connectivity index (χ4n) is 1.87. The van der Waals surface area contributed by atoms with Crippen molar-refractivity contribution in [2.75, 3.05) is 26.0 Å². The van der Waals surface area contributed by atoms with Gasteiger partial charge in [-0.15, -0.1) is 0 Å². The van der Waals surface area contributed by atoms with Gasteiger partial charge in [0.1, 0.15) is 6.61 Å². The zero-order chi connectivity index (χ0) is 11.5. The molecule has 1 aliphatic heterocycles. The van der Waals surface area contributed by atoms with Crippen molar-refractivity contribution in [3.05, 3.63) is 29.8 Å². The Bertz CT molecular complexity index is 392. The largest absolute Gasteiger partial charge is 0.399 e. The molecule has 2 rings (SSSR count). The molecule has 16 heavy (non-hydrogen) atoms. The van der Waals surface area contributed by atoms with E-state index in [4.69, 9.17) is 10.5 Å². The maximum Gasteiger partial charge on any atom is 0.248 e. The summed E-state index contributed by atoms with van der Waals surface area (Å²) in [7, 11) is 1.81. The van der Waals surface area contributed by atoms with Gasteiger partial charge in [-0.25, -0.2) is 0 Å². The number of anilines is 1. The van der Waals surface area contributed by atoms with Gasteiger partial charge < -0.3 is 15.4 Å². The number of likely N-dealkylation sites (N-methyl/N-ethyl adjacent to an activating group) is 1. The molecule has 1 aromatic carbocycles. The minimum atomic E-state index is 0.0331. The summed E-state index contributed by atoms with van der Waals surface area (Å²) in [6.07, 6.45) is 0.745. The van der Waals surface area contributed by atoms with E-state index in [1.807, 2.05) is 31.3 Å². The molecule has 0 saturated carbocycles. The van der Waals surface area contributed by atoms with Crippen LogP contribution in [0.15, 0.2) is 24.3 Å². The summed E-state index contributed by atoms with van der Waals surface area (Å²) in [6.45, 7) is 0.772. The average molecular weight is 220 g/mol. The molecule has 1 heterocycles. The lowest BCUT2D eigenvalue weighted by molar-refractivity contribution is -0.145. The zero-order valence-corrected chi connectivity index (χ0v) is 9.35. The number of benzene rings is 1. The summed E-state index contributed by atoms with van der Waals surface area (Å²) < 4.78 is 5.24. The van der Waals surface area contributed by atoms with Crippen LogP contribution < -0.4 is 5.73 Å². The second-order valence-corrected chi connectivity index (χ2v) is 4.08. The first-order chi connectivity index (χ1) is 7.68. The van der Waals surface area contributed by atoms with Gasteiger partial charge in [-0.2, -0.15) is 0 Å². The van der Waals surface area contributed by atoms with Gasteiger partial charge in [0, 0.05) is 12.7 Å². The first-order valence-corrected chi connectivity index (χ1v) is 5.35. The van der Waals surface area contributed by atoms with E-state index in [2.05, 4.69) is 0 Å². The molecule has 1 atom stereocenters. The van der Waals surface area contributed by atoms with Crippen molar-refractivity contribution >= 4 is 11.6 Å². The molecule has 0 spiro atoms. The molecule has 0 radical (unpaired) electrons. The molecular formula is C12H16N2O2. The third-order valence-corrected chi connectivity index (χ3v) is 2.99. The first-order valence-electron chi connectivity index (χ1n) is 5.35. The van der Waals surface area contributed by atoms with Crippen LogP contribution in [0, 0.1) is 0 Å². The molecule has 1 aliphatic rings. The third kappa shape index (κ3) is 2.17. The van der Waals surface area contributed by atoms with Gasteiger partial charge in [0.2, 0.25) is 5.91 Å². The van der Waals surface area contributed by atoms with Gasteiger partial charge in [0.05, 0.1) is 12.6 Å². The SMILES string of the molecule is CN1C(=O)COCC1Cc1ccccc1N. The number of hydrogen-bond acceptors (Lipinski definition) is 3. The first kappa shape index (κ1) is 11.0. The van der Waals surface area contributed by atoms with Crippen molar-refractivity contribution in [1.29, 1.82) is 0 Å². The van der Waals surface area contributed by atoms with Crippen molar-refractivity contribution in [2.45, 2.75) is 12.5 Å². The van der Waals surface area contributed by atoms with Crippen molar-refractivity contribution in [3.63, 3.8) is 0 Å². The van der Waals surface area contributed by atoms with E-state index in [-0.39, 0.29) is 18.6 Å².